The summed E-state index contributed by atoms with van der Waals surface area (Å²) in [4.78, 5) is -1.37. The fraction of sp³-hybridized carbons (Fsp3) is 0.520. The molecule has 0 aromatic heterocycles. The van der Waals surface area contributed by atoms with Gasteiger partial charge in [0.15, 0.2) is 10.6 Å². The number of phenols is 1. The average molecular weight is 935 g/mol. The first-order valence-electron chi connectivity index (χ1n) is 22.9. The van der Waals surface area contributed by atoms with Crippen LogP contribution in [-0.2, 0) is 33.1 Å². The van der Waals surface area contributed by atoms with Gasteiger partial charge in [0.2, 0.25) is 0 Å². The Hall–Kier alpha value is -2.84. The summed E-state index contributed by atoms with van der Waals surface area (Å²) in [6, 6.07) is 23.1. The van der Waals surface area contributed by atoms with Crippen molar-refractivity contribution in [1.82, 2.24) is 0 Å². The molecule has 0 atom stereocenters. The van der Waals surface area contributed by atoms with Gasteiger partial charge in [0, 0.05) is 0 Å². The number of rotatable bonds is 30. The number of para-hydroxylation sites is 2. The van der Waals surface area contributed by atoms with Gasteiger partial charge in [0.1, 0.15) is 33.1 Å². The molecular weight excluding hydrogens is 865 g/mol. The van der Waals surface area contributed by atoms with Crippen LogP contribution in [0.1, 0.15) is 166 Å². The summed E-state index contributed by atoms with van der Waals surface area (Å²) in [5.41, 5.74) is 1.24. The fourth-order valence-electron chi connectivity index (χ4n) is 7.45. The van der Waals surface area contributed by atoms with Gasteiger partial charge in [-0.2, -0.15) is 8.42 Å². The van der Waals surface area contributed by atoms with E-state index in [2.05, 4.69) is 13.8 Å². The Morgan fingerprint density at radius 2 is 0.810 bits per heavy atom. The molecular formula is C50H70CaO10S2. The van der Waals surface area contributed by atoms with E-state index >= 15 is 0 Å². The minimum Gasteiger partial charge on any atom is -0.872 e. The molecule has 10 nitrogen and oxygen atoms in total. The number of hydrogen-bond donors (Lipinski definition) is 2. The molecule has 13 heteroatoms. The Morgan fingerprint density at radius 3 is 1.16 bits per heavy atom. The Bertz CT molecular complexity index is 1910. The number of phenolic OH excluding ortho intramolecular Hbond substituents is 1. The Morgan fingerprint density at radius 1 is 0.476 bits per heavy atom. The molecule has 63 heavy (non-hydrogen) atoms. The third-order valence-corrected chi connectivity index (χ3v) is 12.7. The molecule has 0 amide bonds. The summed E-state index contributed by atoms with van der Waals surface area (Å²) >= 11 is 0. The van der Waals surface area contributed by atoms with E-state index in [9.17, 15) is 36.2 Å². The van der Waals surface area contributed by atoms with Crippen LogP contribution >= 0.6 is 0 Å². The molecule has 0 saturated carbocycles. The molecule has 4 aromatic rings. The van der Waals surface area contributed by atoms with Gasteiger partial charge in [0.05, 0.1) is 4.90 Å². The van der Waals surface area contributed by atoms with Crippen LogP contribution in [0.4, 0.5) is 0 Å². The molecule has 0 heterocycles. The SMILES string of the molecule is CCCCCCCCCCCCCc1ccc(O)c(S(=O)(=O)O)c1Oc1ccccc1.CCCCCCCCCCCCCc1ccc([O-])c(S(=O)(=O)[O-])c1Oc1ccccc1.[Ca+2]. The van der Waals surface area contributed by atoms with Crippen LogP contribution < -0.4 is 14.6 Å². The van der Waals surface area contributed by atoms with Gasteiger partial charge in [-0.05, 0) is 67.1 Å². The first kappa shape index (κ1) is 56.3. The van der Waals surface area contributed by atoms with E-state index in [0.29, 0.717) is 35.5 Å². The standard InChI is InChI=1S/2C25H36O5S.Ca/c2*1-2-3-4-5-6-7-8-9-10-11-13-16-21-19-20-23(26)25(31(27,28)29)24(21)30-22-17-14-12-15-18-22;/h2*12,14-15,17-20,26H,2-11,13,16H2,1H3,(H,27,28,29);/q;;+2/p-2. The first-order valence-corrected chi connectivity index (χ1v) is 25.8. The molecule has 0 unspecified atom stereocenters. The predicted molar refractivity (Wildman–Crippen MR) is 251 cm³/mol. The largest absolute Gasteiger partial charge is 2.00 e. The summed E-state index contributed by atoms with van der Waals surface area (Å²) in [5.74, 6) is -0.641. The Kier molecular flexibility index (Phi) is 28.5. The van der Waals surface area contributed by atoms with E-state index in [0.717, 1.165) is 44.6 Å². The van der Waals surface area contributed by atoms with Crippen molar-refractivity contribution in [3.8, 4) is 34.5 Å². The molecule has 4 aromatic carbocycles. The molecule has 0 bridgehead atoms. The minimum atomic E-state index is -4.95. The van der Waals surface area contributed by atoms with Crippen molar-refractivity contribution in [2.45, 2.75) is 178 Å². The zero-order valence-electron chi connectivity index (χ0n) is 37.7. The Labute approximate surface area is 408 Å². The van der Waals surface area contributed by atoms with Crippen LogP contribution in [0.25, 0.3) is 0 Å². The first-order chi connectivity index (χ1) is 29.9. The molecule has 4 rings (SSSR count). The molecule has 0 radical (unpaired) electrons. The topological polar surface area (TPSA) is 173 Å². The number of aromatic hydroxyl groups is 1. The van der Waals surface area contributed by atoms with E-state index in [-0.39, 0.29) is 49.2 Å². The molecule has 0 fully saturated rings. The zero-order chi connectivity index (χ0) is 45.1. The van der Waals surface area contributed by atoms with Crippen molar-refractivity contribution >= 4 is 58.0 Å². The molecule has 0 aliphatic heterocycles. The van der Waals surface area contributed by atoms with E-state index in [1.807, 2.05) is 6.07 Å². The zero-order valence-corrected chi connectivity index (χ0v) is 41.6. The number of ether oxygens (including phenoxy) is 2. The van der Waals surface area contributed by atoms with Crippen molar-refractivity contribution in [1.29, 1.82) is 0 Å². The van der Waals surface area contributed by atoms with Crippen molar-refractivity contribution in [3.63, 3.8) is 0 Å². The van der Waals surface area contributed by atoms with Gasteiger partial charge in [-0.1, -0.05) is 203 Å². The summed E-state index contributed by atoms with van der Waals surface area (Å²) < 4.78 is 80.2. The van der Waals surface area contributed by atoms with Crippen LogP contribution in [0.5, 0.6) is 34.5 Å². The number of benzene rings is 4. The Balaban J connectivity index is 0.000000427. The summed E-state index contributed by atoms with van der Waals surface area (Å²) in [5, 5.41) is 22.2. The molecule has 344 valence electrons. The average Bonchev–Trinajstić information content (AvgIpc) is 3.23. The van der Waals surface area contributed by atoms with Crippen LogP contribution in [0, 0.1) is 0 Å². The second kappa shape index (κ2) is 31.9. The molecule has 0 aliphatic rings. The third-order valence-electron chi connectivity index (χ3n) is 10.9. The minimum absolute atomic E-state index is 0. The van der Waals surface area contributed by atoms with Gasteiger partial charge >= 0.3 is 47.9 Å². The van der Waals surface area contributed by atoms with Crippen LogP contribution in [0.15, 0.2) is 94.7 Å². The molecule has 0 saturated heterocycles. The van der Waals surface area contributed by atoms with E-state index < -0.39 is 41.5 Å². The molecule has 0 aliphatic carbocycles. The van der Waals surface area contributed by atoms with Gasteiger partial charge in [-0.3, -0.25) is 4.55 Å². The summed E-state index contributed by atoms with van der Waals surface area (Å²) in [6.07, 6.45) is 28.0. The van der Waals surface area contributed by atoms with Crippen LogP contribution in [0.2, 0.25) is 0 Å². The van der Waals surface area contributed by atoms with Crippen molar-refractivity contribution in [2.75, 3.05) is 0 Å². The normalized spacial score (nSPS) is 11.4. The van der Waals surface area contributed by atoms with E-state index in [1.165, 1.54) is 109 Å². The predicted octanol–water partition coefficient (Wildman–Crippen LogP) is 13.2. The van der Waals surface area contributed by atoms with Crippen LogP contribution in [0.3, 0.4) is 0 Å². The molecule has 0 spiro atoms. The number of aryl methyl sites for hydroxylation is 2. The smallest absolute Gasteiger partial charge is 0.872 e. The maximum atomic E-state index is 12.1. The second-order valence-corrected chi connectivity index (χ2v) is 18.8. The number of unbranched alkanes of at least 4 members (excludes halogenated alkanes) is 20. The van der Waals surface area contributed by atoms with Crippen molar-refractivity contribution in [2.24, 2.45) is 0 Å². The second-order valence-electron chi connectivity index (χ2n) is 16.1. The number of hydrogen-bond acceptors (Lipinski definition) is 9. The molecule has 2 N–H and O–H groups in total. The quantitative estimate of drug-likeness (QED) is 0.0291. The van der Waals surface area contributed by atoms with E-state index in [4.69, 9.17) is 9.47 Å². The monoisotopic (exact) mass is 934 g/mol. The third kappa shape index (κ3) is 22.3. The maximum absolute atomic E-state index is 12.1. The fourth-order valence-corrected chi connectivity index (χ4v) is 8.91. The van der Waals surface area contributed by atoms with Gasteiger partial charge in [-0.15, -0.1) is 0 Å². The maximum Gasteiger partial charge on any atom is 2.00 e. The van der Waals surface area contributed by atoms with Crippen molar-refractivity contribution in [3.05, 3.63) is 96.1 Å². The van der Waals surface area contributed by atoms with Crippen LogP contribution in [-0.4, -0.2) is 68.8 Å². The summed E-state index contributed by atoms with van der Waals surface area (Å²) in [6.45, 7) is 4.46. The summed E-state index contributed by atoms with van der Waals surface area (Å²) in [7, 11) is -9.58. The van der Waals surface area contributed by atoms with Gasteiger partial charge < -0.3 is 24.2 Å². The van der Waals surface area contributed by atoms with E-state index in [1.54, 1.807) is 66.7 Å². The van der Waals surface area contributed by atoms with Gasteiger partial charge in [0.25, 0.3) is 0 Å². The van der Waals surface area contributed by atoms with Crippen molar-refractivity contribution < 1.29 is 45.6 Å². The van der Waals surface area contributed by atoms with Gasteiger partial charge in [-0.25, -0.2) is 8.42 Å².